The lowest BCUT2D eigenvalue weighted by Gasteiger charge is -2.19. The van der Waals surface area contributed by atoms with Crippen LogP contribution in [0.1, 0.15) is 27.2 Å². The molecule has 1 heterocycles. The number of rotatable bonds is 4. The second-order valence-electron chi connectivity index (χ2n) is 5.52. The maximum atomic E-state index is 11.7. The predicted octanol–water partition coefficient (Wildman–Crippen LogP) is 0.561. The zero-order chi connectivity index (χ0) is 11.5. The minimum Gasteiger partial charge on any atom is -0.316 e. The summed E-state index contributed by atoms with van der Waals surface area (Å²) in [6, 6.07) is 0. The van der Waals surface area contributed by atoms with Crippen molar-refractivity contribution >= 4 is 10.0 Å². The fourth-order valence-corrected chi connectivity index (χ4v) is 3.23. The van der Waals surface area contributed by atoms with Gasteiger partial charge in [0.05, 0.1) is 5.75 Å². The maximum Gasteiger partial charge on any atom is 0.211 e. The molecule has 1 unspecified atom stereocenters. The average Bonchev–Trinajstić information content (AvgIpc) is 2.52. The Bertz CT molecular complexity index is 287. The van der Waals surface area contributed by atoms with Gasteiger partial charge in [-0.05, 0) is 30.8 Å². The molecule has 0 aliphatic carbocycles. The van der Waals surface area contributed by atoms with Crippen LogP contribution in [0.15, 0.2) is 0 Å². The van der Waals surface area contributed by atoms with Crippen molar-refractivity contribution in [3.05, 3.63) is 0 Å². The second kappa shape index (κ2) is 4.80. The second-order valence-corrected chi connectivity index (χ2v) is 7.37. The Balaban J connectivity index is 2.38. The molecule has 1 atom stereocenters. The molecule has 1 aliphatic heterocycles. The van der Waals surface area contributed by atoms with E-state index in [2.05, 4.69) is 10.0 Å². The smallest absolute Gasteiger partial charge is 0.211 e. The third-order valence-electron chi connectivity index (χ3n) is 2.44. The van der Waals surface area contributed by atoms with Crippen LogP contribution in [-0.4, -0.2) is 33.8 Å². The monoisotopic (exact) mass is 234 g/mol. The highest BCUT2D eigenvalue weighted by Crippen LogP contribution is 2.13. The van der Waals surface area contributed by atoms with E-state index in [1.165, 1.54) is 0 Å². The summed E-state index contributed by atoms with van der Waals surface area (Å²) in [5, 5.41) is 3.18. The minimum atomic E-state index is -3.09. The standard InChI is InChI=1S/C10H22N2O2S/c1-10(2,3)8-12-15(13,14)7-9-4-5-11-6-9/h9,11-12H,4-8H2,1-3H3. The lowest BCUT2D eigenvalue weighted by Crippen LogP contribution is -2.36. The lowest BCUT2D eigenvalue weighted by atomic mass is 9.98. The summed E-state index contributed by atoms with van der Waals surface area (Å²) in [5.41, 5.74) is 0.000988. The van der Waals surface area contributed by atoms with Gasteiger partial charge in [-0.3, -0.25) is 0 Å². The Morgan fingerprint density at radius 2 is 2.07 bits per heavy atom. The summed E-state index contributed by atoms with van der Waals surface area (Å²) in [6.45, 7) is 8.34. The first kappa shape index (κ1) is 12.9. The van der Waals surface area contributed by atoms with Gasteiger partial charge in [-0.25, -0.2) is 13.1 Å². The molecule has 90 valence electrons. The van der Waals surface area contributed by atoms with E-state index in [0.717, 1.165) is 19.5 Å². The van der Waals surface area contributed by atoms with Crippen LogP contribution in [0.2, 0.25) is 0 Å². The van der Waals surface area contributed by atoms with Crippen LogP contribution in [0.3, 0.4) is 0 Å². The molecule has 15 heavy (non-hydrogen) atoms. The van der Waals surface area contributed by atoms with Crippen LogP contribution in [-0.2, 0) is 10.0 Å². The van der Waals surface area contributed by atoms with E-state index in [-0.39, 0.29) is 17.1 Å². The Hall–Kier alpha value is -0.130. The summed E-state index contributed by atoms with van der Waals surface area (Å²) in [6.07, 6.45) is 0.969. The fourth-order valence-electron chi connectivity index (χ4n) is 1.55. The quantitative estimate of drug-likeness (QED) is 0.747. The van der Waals surface area contributed by atoms with Crippen LogP contribution in [0, 0.1) is 11.3 Å². The Labute approximate surface area is 92.9 Å². The highest BCUT2D eigenvalue weighted by Gasteiger charge is 2.23. The molecule has 0 radical (unpaired) electrons. The normalized spacial score (nSPS) is 23.3. The Morgan fingerprint density at radius 1 is 1.40 bits per heavy atom. The zero-order valence-electron chi connectivity index (χ0n) is 9.84. The molecule has 1 saturated heterocycles. The van der Waals surface area contributed by atoms with Gasteiger partial charge in [0.1, 0.15) is 0 Å². The van der Waals surface area contributed by atoms with Crippen molar-refractivity contribution in [3.63, 3.8) is 0 Å². The summed E-state index contributed by atoms with van der Waals surface area (Å²) in [4.78, 5) is 0. The highest BCUT2D eigenvalue weighted by atomic mass is 32.2. The maximum absolute atomic E-state index is 11.7. The van der Waals surface area contributed by atoms with Crippen molar-refractivity contribution in [2.24, 2.45) is 11.3 Å². The van der Waals surface area contributed by atoms with Crippen LogP contribution in [0.5, 0.6) is 0 Å². The molecule has 1 rings (SSSR count). The Morgan fingerprint density at radius 3 is 2.53 bits per heavy atom. The molecule has 4 nitrogen and oxygen atoms in total. The number of nitrogens with one attached hydrogen (secondary N) is 2. The minimum absolute atomic E-state index is 0.000988. The SMILES string of the molecule is CC(C)(C)CNS(=O)(=O)CC1CCNC1. The summed E-state index contributed by atoms with van der Waals surface area (Å²) >= 11 is 0. The molecule has 0 aromatic carbocycles. The van der Waals surface area contributed by atoms with Gasteiger partial charge in [-0.15, -0.1) is 0 Å². The lowest BCUT2D eigenvalue weighted by molar-refractivity contribution is 0.406. The summed E-state index contributed by atoms with van der Waals surface area (Å²) < 4.78 is 26.1. The molecular weight excluding hydrogens is 212 g/mol. The van der Waals surface area contributed by atoms with E-state index in [4.69, 9.17) is 0 Å². The molecule has 0 amide bonds. The van der Waals surface area contributed by atoms with Crippen molar-refractivity contribution in [2.75, 3.05) is 25.4 Å². The zero-order valence-corrected chi connectivity index (χ0v) is 10.7. The average molecular weight is 234 g/mol. The van der Waals surface area contributed by atoms with E-state index in [9.17, 15) is 8.42 Å². The number of hydrogen-bond acceptors (Lipinski definition) is 3. The molecule has 0 bridgehead atoms. The van der Waals surface area contributed by atoms with Crippen molar-refractivity contribution in [1.29, 1.82) is 0 Å². The first-order valence-electron chi connectivity index (χ1n) is 5.47. The third-order valence-corrected chi connectivity index (χ3v) is 3.93. The van der Waals surface area contributed by atoms with E-state index in [0.29, 0.717) is 6.54 Å². The van der Waals surface area contributed by atoms with Gasteiger partial charge in [0.25, 0.3) is 0 Å². The van der Waals surface area contributed by atoms with Gasteiger partial charge in [-0.2, -0.15) is 0 Å². The van der Waals surface area contributed by atoms with E-state index < -0.39 is 10.0 Å². The van der Waals surface area contributed by atoms with Crippen LogP contribution in [0.4, 0.5) is 0 Å². The topological polar surface area (TPSA) is 58.2 Å². The van der Waals surface area contributed by atoms with Crippen LogP contribution < -0.4 is 10.0 Å². The van der Waals surface area contributed by atoms with Crippen LogP contribution in [0.25, 0.3) is 0 Å². The first-order valence-corrected chi connectivity index (χ1v) is 7.12. The molecular formula is C10H22N2O2S. The van der Waals surface area contributed by atoms with Crippen LogP contribution >= 0.6 is 0 Å². The molecule has 0 aromatic heterocycles. The van der Waals surface area contributed by atoms with Gasteiger partial charge < -0.3 is 5.32 Å². The van der Waals surface area contributed by atoms with E-state index in [1.807, 2.05) is 20.8 Å². The van der Waals surface area contributed by atoms with Crippen molar-refractivity contribution in [1.82, 2.24) is 10.0 Å². The van der Waals surface area contributed by atoms with Crippen molar-refractivity contribution in [2.45, 2.75) is 27.2 Å². The molecule has 0 saturated carbocycles. The molecule has 0 spiro atoms. The van der Waals surface area contributed by atoms with Gasteiger partial charge in [0.15, 0.2) is 0 Å². The molecule has 1 fully saturated rings. The van der Waals surface area contributed by atoms with Gasteiger partial charge in [-0.1, -0.05) is 20.8 Å². The largest absolute Gasteiger partial charge is 0.316 e. The van der Waals surface area contributed by atoms with Gasteiger partial charge in [0.2, 0.25) is 10.0 Å². The first-order chi connectivity index (χ1) is 6.79. The molecule has 1 aliphatic rings. The Kier molecular flexibility index (Phi) is 4.14. The highest BCUT2D eigenvalue weighted by molar-refractivity contribution is 7.89. The van der Waals surface area contributed by atoms with E-state index >= 15 is 0 Å². The van der Waals surface area contributed by atoms with Crippen molar-refractivity contribution in [3.8, 4) is 0 Å². The van der Waals surface area contributed by atoms with Gasteiger partial charge in [0, 0.05) is 6.54 Å². The summed E-state index contributed by atoms with van der Waals surface area (Å²) in [5.74, 6) is 0.540. The summed E-state index contributed by atoms with van der Waals surface area (Å²) in [7, 11) is -3.09. The molecule has 0 aromatic rings. The molecule has 5 heteroatoms. The fraction of sp³-hybridized carbons (Fsp3) is 1.00. The molecule has 2 N–H and O–H groups in total. The number of hydrogen-bond donors (Lipinski definition) is 2. The third kappa shape index (κ3) is 5.49. The predicted molar refractivity (Wildman–Crippen MR) is 62.2 cm³/mol. The van der Waals surface area contributed by atoms with Crippen molar-refractivity contribution < 1.29 is 8.42 Å². The van der Waals surface area contributed by atoms with Gasteiger partial charge >= 0.3 is 0 Å². The number of sulfonamides is 1. The van der Waals surface area contributed by atoms with E-state index in [1.54, 1.807) is 0 Å².